The van der Waals surface area contributed by atoms with Crippen LogP contribution < -0.4 is 10.6 Å². The van der Waals surface area contributed by atoms with Crippen LogP contribution in [0.5, 0.6) is 0 Å². The van der Waals surface area contributed by atoms with E-state index in [2.05, 4.69) is 15.6 Å². The van der Waals surface area contributed by atoms with Crippen molar-refractivity contribution in [1.82, 2.24) is 20.2 Å². The van der Waals surface area contributed by atoms with Crippen molar-refractivity contribution < 1.29 is 33.8 Å². The van der Waals surface area contributed by atoms with Gasteiger partial charge in [0.15, 0.2) is 0 Å². The fraction of sp³-hybridized carbons (Fsp3) is 0.650. The molecule has 0 radical (unpaired) electrons. The molecule has 0 saturated heterocycles. The van der Waals surface area contributed by atoms with Crippen LogP contribution in [0.2, 0.25) is 0 Å². The fourth-order valence-corrected chi connectivity index (χ4v) is 2.27. The topological polar surface area (TPSA) is 149 Å². The highest BCUT2D eigenvalue weighted by Gasteiger charge is 2.34. The summed E-state index contributed by atoms with van der Waals surface area (Å²) in [7, 11) is 0. The van der Waals surface area contributed by atoms with Crippen molar-refractivity contribution in [3.8, 4) is 0 Å². The summed E-state index contributed by atoms with van der Waals surface area (Å²) in [5.74, 6) is -2.02. The SMILES string of the molecule is CC(C)(C)OC(=O)NC(Cc1cncn1C(=O)OC(C)(C)C)C(=O)NC(C)(C)C(=O)O. The van der Waals surface area contributed by atoms with Gasteiger partial charge in [0.25, 0.3) is 0 Å². The Morgan fingerprint density at radius 3 is 2.06 bits per heavy atom. The highest BCUT2D eigenvalue weighted by atomic mass is 16.6. The highest BCUT2D eigenvalue weighted by Crippen LogP contribution is 2.13. The second kappa shape index (κ2) is 9.36. The van der Waals surface area contributed by atoms with Crippen LogP contribution in [0.4, 0.5) is 9.59 Å². The van der Waals surface area contributed by atoms with E-state index in [4.69, 9.17) is 9.47 Å². The maximum Gasteiger partial charge on any atom is 0.420 e. The number of rotatable bonds is 6. The number of alkyl carbamates (subject to hydrolysis) is 1. The number of carboxylic acid groups (broad SMARTS) is 1. The van der Waals surface area contributed by atoms with E-state index in [-0.39, 0.29) is 12.1 Å². The molecule has 1 aromatic rings. The van der Waals surface area contributed by atoms with Gasteiger partial charge in [-0.1, -0.05) is 0 Å². The molecule has 1 heterocycles. The molecule has 0 aliphatic rings. The summed E-state index contributed by atoms with van der Waals surface area (Å²) >= 11 is 0. The van der Waals surface area contributed by atoms with Crippen LogP contribution in [-0.4, -0.2) is 61.5 Å². The monoisotopic (exact) mass is 440 g/mol. The van der Waals surface area contributed by atoms with E-state index in [0.29, 0.717) is 0 Å². The molecule has 31 heavy (non-hydrogen) atoms. The third-order valence-electron chi connectivity index (χ3n) is 3.70. The molecule has 11 heteroatoms. The Morgan fingerprint density at radius 2 is 1.58 bits per heavy atom. The molecular formula is C20H32N4O7. The second-order valence-electron chi connectivity index (χ2n) is 9.56. The average molecular weight is 440 g/mol. The van der Waals surface area contributed by atoms with Gasteiger partial charge in [0.05, 0.1) is 5.69 Å². The first kappa shape index (κ1) is 25.9. The lowest BCUT2D eigenvalue weighted by Gasteiger charge is -2.27. The van der Waals surface area contributed by atoms with Crippen LogP contribution in [0.15, 0.2) is 12.5 Å². The van der Waals surface area contributed by atoms with Crippen molar-refractivity contribution in [2.24, 2.45) is 0 Å². The van der Waals surface area contributed by atoms with Gasteiger partial charge in [-0.05, 0) is 55.4 Å². The predicted molar refractivity (Wildman–Crippen MR) is 111 cm³/mol. The Morgan fingerprint density at radius 1 is 1.03 bits per heavy atom. The van der Waals surface area contributed by atoms with Crippen molar-refractivity contribution in [3.63, 3.8) is 0 Å². The molecule has 0 bridgehead atoms. The molecule has 3 N–H and O–H groups in total. The van der Waals surface area contributed by atoms with Crippen molar-refractivity contribution >= 4 is 24.1 Å². The quantitative estimate of drug-likeness (QED) is 0.609. The van der Waals surface area contributed by atoms with E-state index in [1.54, 1.807) is 41.5 Å². The maximum absolute atomic E-state index is 12.8. The Hall–Kier alpha value is -3.11. The average Bonchev–Trinajstić information content (AvgIpc) is 2.98. The number of imidazole rings is 1. The number of hydrogen-bond acceptors (Lipinski definition) is 7. The predicted octanol–water partition coefficient (Wildman–Crippen LogP) is 2.08. The molecule has 0 aliphatic carbocycles. The number of aromatic nitrogens is 2. The summed E-state index contributed by atoms with van der Waals surface area (Å²) in [6.07, 6.45) is 0.836. The first-order chi connectivity index (χ1) is 13.9. The molecule has 1 rings (SSSR count). The van der Waals surface area contributed by atoms with Crippen LogP contribution in [-0.2, 0) is 25.5 Å². The van der Waals surface area contributed by atoms with Gasteiger partial charge in [0.2, 0.25) is 5.91 Å². The Labute approximate surface area is 181 Å². The Balaban J connectivity index is 3.14. The van der Waals surface area contributed by atoms with Gasteiger partial charge >= 0.3 is 18.2 Å². The van der Waals surface area contributed by atoms with E-state index in [9.17, 15) is 24.3 Å². The molecule has 174 valence electrons. The van der Waals surface area contributed by atoms with Gasteiger partial charge in [-0.3, -0.25) is 4.79 Å². The molecule has 1 atom stereocenters. The van der Waals surface area contributed by atoms with Gasteiger partial charge in [0, 0.05) is 12.6 Å². The molecule has 0 aromatic carbocycles. The van der Waals surface area contributed by atoms with E-state index in [1.807, 2.05) is 0 Å². The summed E-state index contributed by atoms with van der Waals surface area (Å²) in [5.41, 5.74) is -2.88. The third kappa shape index (κ3) is 8.65. The zero-order valence-corrected chi connectivity index (χ0v) is 19.2. The molecule has 0 saturated carbocycles. The van der Waals surface area contributed by atoms with Crippen LogP contribution >= 0.6 is 0 Å². The van der Waals surface area contributed by atoms with Gasteiger partial charge in [0.1, 0.15) is 29.1 Å². The fourth-order valence-electron chi connectivity index (χ4n) is 2.27. The van der Waals surface area contributed by atoms with Crippen LogP contribution in [0.3, 0.4) is 0 Å². The largest absolute Gasteiger partial charge is 0.480 e. The van der Waals surface area contributed by atoms with Gasteiger partial charge in [-0.15, -0.1) is 0 Å². The number of carbonyl (C=O) groups excluding carboxylic acids is 3. The lowest BCUT2D eigenvalue weighted by molar-refractivity contribution is -0.146. The van der Waals surface area contributed by atoms with E-state index < -0.39 is 46.8 Å². The van der Waals surface area contributed by atoms with Crippen molar-refractivity contribution in [3.05, 3.63) is 18.2 Å². The molecule has 0 aliphatic heterocycles. The number of carboxylic acids is 1. The first-order valence-corrected chi connectivity index (χ1v) is 9.71. The van der Waals surface area contributed by atoms with Crippen molar-refractivity contribution in [2.45, 2.75) is 84.6 Å². The molecule has 2 amide bonds. The molecule has 1 aromatic heterocycles. The number of hydrogen-bond donors (Lipinski definition) is 3. The number of ether oxygens (including phenoxy) is 2. The minimum absolute atomic E-state index is 0.167. The Kier molecular flexibility index (Phi) is 7.83. The van der Waals surface area contributed by atoms with Gasteiger partial charge < -0.3 is 25.2 Å². The second-order valence-corrected chi connectivity index (χ2v) is 9.56. The Bertz CT molecular complexity index is 831. The van der Waals surface area contributed by atoms with Crippen LogP contribution in [0.1, 0.15) is 61.1 Å². The summed E-state index contributed by atoms with van der Waals surface area (Å²) in [4.78, 5) is 52.8. The van der Waals surface area contributed by atoms with Crippen LogP contribution in [0, 0.1) is 0 Å². The van der Waals surface area contributed by atoms with Gasteiger partial charge in [-0.25, -0.2) is 23.9 Å². The smallest absolute Gasteiger partial charge is 0.420 e. The number of nitrogens with one attached hydrogen (secondary N) is 2. The highest BCUT2D eigenvalue weighted by molar-refractivity contribution is 5.91. The van der Waals surface area contributed by atoms with Crippen molar-refractivity contribution in [1.29, 1.82) is 0 Å². The molecule has 1 unspecified atom stereocenters. The number of aliphatic carboxylic acids is 1. The first-order valence-electron chi connectivity index (χ1n) is 9.71. The molecule has 0 fully saturated rings. The molecule has 0 spiro atoms. The van der Waals surface area contributed by atoms with Gasteiger partial charge in [-0.2, -0.15) is 0 Å². The van der Waals surface area contributed by atoms with E-state index in [0.717, 1.165) is 4.57 Å². The van der Waals surface area contributed by atoms with Crippen molar-refractivity contribution in [2.75, 3.05) is 0 Å². The van der Waals surface area contributed by atoms with E-state index in [1.165, 1.54) is 26.4 Å². The normalized spacial score (nSPS) is 13.2. The lowest BCUT2D eigenvalue weighted by Crippen LogP contribution is -2.57. The number of nitrogens with zero attached hydrogens (tertiary/aromatic N) is 2. The van der Waals surface area contributed by atoms with E-state index >= 15 is 0 Å². The summed E-state index contributed by atoms with van der Waals surface area (Å²) in [6.45, 7) is 12.7. The van der Waals surface area contributed by atoms with Crippen LogP contribution in [0.25, 0.3) is 0 Å². The zero-order chi connectivity index (χ0) is 24.2. The third-order valence-corrected chi connectivity index (χ3v) is 3.70. The lowest BCUT2D eigenvalue weighted by atomic mass is 10.0. The minimum Gasteiger partial charge on any atom is -0.480 e. The number of amides is 2. The zero-order valence-electron chi connectivity index (χ0n) is 19.2. The summed E-state index contributed by atoms with van der Waals surface area (Å²) in [6, 6.07) is -1.24. The molecular weight excluding hydrogens is 408 g/mol. The summed E-state index contributed by atoms with van der Waals surface area (Å²) < 4.78 is 11.6. The standard InChI is InChI=1S/C20H32N4O7/c1-18(2,3)30-16(28)22-13(14(25)23-20(7,8)15(26)27)9-12-10-21-11-24(12)17(29)31-19(4,5)6/h10-11,13H,9H2,1-8H3,(H,22,28)(H,23,25)(H,26,27). The number of carbonyl (C=O) groups is 4. The maximum atomic E-state index is 12.8. The summed E-state index contributed by atoms with van der Waals surface area (Å²) in [5, 5.41) is 14.1. The molecule has 11 nitrogen and oxygen atoms in total. The minimum atomic E-state index is -1.59.